The Labute approximate surface area is 142 Å². The zero-order valence-corrected chi connectivity index (χ0v) is 14.5. The predicted molar refractivity (Wildman–Crippen MR) is 96.0 cm³/mol. The Kier molecular flexibility index (Phi) is 6.94. The Bertz CT molecular complexity index is 640. The number of guanidine groups is 1. The molecule has 7 heteroatoms. The first kappa shape index (κ1) is 17.7. The van der Waals surface area contributed by atoms with Crippen LogP contribution in [0.25, 0.3) is 0 Å². The highest BCUT2D eigenvalue weighted by Gasteiger charge is 2.06. The van der Waals surface area contributed by atoms with Crippen molar-refractivity contribution in [3.63, 3.8) is 0 Å². The van der Waals surface area contributed by atoms with E-state index < -0.39 is 0 Å². The third-order valence-corrected chi connectivity index (χ3v) is 3.37. The number of rotatable bonds is 8. The lowest BCUT2D eigenvalue weighted by atomic mass is 10.2. The summed E-state index contributed by atoms with van der Waals surface area (Å²) >= 11 is 0. The SMILES string of the molecule is CCOc1cc(NC(=NC)NCCCn2cccn2)ccc1OC. The number of benzene rings is 1. The highest BCUT2D eigenvalue weighted by Crippen LogP contribution is 2.30. The molecular weight excluding hydrogens is 306 g/mol. The van der Waals surface area contributed by atoms with Crippen molar-refractivity contribution in [2.75, 3.05) is 32.6 Å². The van der Waals surface area contributed by atoms with Gasteiger partial charge in [-0.3, -0.25) is 9.67 Å². The van der Waals surface area contributed by atoms with Crippen molar-refractivity contribution >= 4 is 11.6 Å². The zero-order valence-electron chi connectivity index (χ0n) is 14.5. The van der Waals surface area contributed by atoms with Crippen LogP contribution >= 0.6 is 0 Å². The van der Waals surface area contributed by atoms with Gasteiger partial charge in [-0.1, -0.05) is 0 Å². The quantitative estimate of drug-likeness (QED) is 0.441. The second-order valence-corrected chi connectivity index (χ2v) is 5.05. The van der Waals surface area contributed by atoms with Gasteiger partial charge in [-0.2, -0.15) is 5.10 Å². The average molecular weight is 331 g/mol. The van der Waals surface area contributed by atoms with Gasteiger partial charge in [0.1, 0.15) is 0 Å². The molecule has 0 radical (unpaired) electrons. The van der Waals surface area contributed by atoms with E-state index in [9.17, 15) is 0 Å². The predicted octanol–water partition coefficient (Wildman–Crippen LogP) is 2.37. The number of hydrogen-bond donors (Lipinski definition) is 2. The summed E-state index contributed by atoms with van der Waals surface area (Å²) in [5.41, 5.74) is 0.888. The fourth-order valence-corrected chi connectivity index (χ4v) is 2.22. The number of methoxy groups -OCH3 is 1. The third-order valence-electron chi connectivity index (χ3n) is 3.37. The highest BCUT2D eigenvalue weighted by atomic mass is 16.5. The van der Waals surface area contributed by atoms with E-state index in [1.807, 2.05) is 42.1 Å². The molecule has 1 heterocycles. The number of hydrogen-bond acceptors (Lipinski definition) is 4. The van der Waals surface area contributed by atoms with E-state index in [4.69, 9.17) is 9.47 Å². The molecule has 24 heavy (non-hydrogen) atoms. The molecule has 2 aromatic rings. The number of anilines is 1. The summed E-state index contributed by atoms with van der Waals surface area (Å²) in [6.07, 6.45) is 4.70. The lowest BCUT2D eigenvalue weighted by Crippen LogP contribution is -2.31. The minimum absolute atomic E-state index is 0.584. The summed E-state index contributed by atoms with van der Waals surface area (Å²) in [7, 11) is 3.38. The van der Waals surface area contributed by atoms with Crippen molar-refractivity contribution < 1.29 is 9.47 Å². The maximum absolute atomic E-state index is 5.59. The largest absolute Gasteiger partial charge is 0.493 e. The standard InChI is InChI=1S/C17H25N5O2/c1-4-24-16-13-14(7-8-15(16)23-3)21-17(18-2)19-9-5-11-22-12-6-10-20-22/h6-8,10,12-13H,4-5,9,11H2,1-3H3,(H2,18,19,21). The molecule has 0 bridgehead atoms. The van der Waals surface area contributed by atoms with Crippen molar-refractivity contribution in [2.45, 2.75) is 19.9 Å². The normalized spacial score (nSPS) is 11.2. The molecule has 0 aliphatic carbocycles. The molecule has 0 saturated heterocycles. The van der Waals surface area contributed by atoms with Crippen LogP contribution in [-0.4, -0.2) is 43.0 Å². The van der Waals surface area contributed by atoms with E-state index in [0.717, 1.165) is 25.2 Å². The van der Waals surface area contributed by atoms with Gasteiger partial charge in [0.25, 0.3) is 0 Å². The monoisotopic (exact) mass is 331 g/mol. The number of aliphatic imine (C=N–C) groups is 1. The minimum Gasteiger partial charge on any atom is -0.493 e. The van der Waals surface area contributed by atoms with Crippen LogP contribution in [0.4, 0.5) is 5.69 Å². The van der Waals surface area contributed by atoms with Crippen molar-refractivity contribution in [1.29, 1.82) is 0 Å². The van der Waals surface area contributed by atoms with Crippen LogP contribution in [0, 0.1) is 0 Å². The summed E-state index contributed by atoms with van der Waals surface area (Å²) in [5, 5.41) is 10.7. The Morgan fingerprint density at radius 2 is 2.21 bits per heavy atom. The number of nitrogens with one attached hydrogen (secondary N) is 2. The van der Waals surface area contributed by atoms with Crippen LogP contribution in [0.3, 0.4) is 0 Å². The molecule has 0 saturated carbocycles. The van der Waals surface area contributed by atoms with Crippen LogP contribution in [-0.2, 0) is 6.54 Å². The van der Waals surface area contributed by atoms with Gasteiger partial charge < -0.3 is 20.1 Å². The molecule has 0 aliphatic heterocycles. The van der Waals surface area contributed by atoms with E-state index in [2.05, 4.69) is 20.7 Å². The molecule has 1 aromatic heterocycles. The first-order valence-corrected chi connectivity index (χ1v) is 8.02. The topological polar surface area (TPSA) is 72.7 Å². The Hall–Kier alpha value is -2.70. The number of ether oxygens (including phenoxy) is 2. The van der Waals surface area contributed by atoms with E-state index >= 15 is 0 Å². The number of aromatic nitrogens is 2. The van der Waals surface area contributed by atoms with Crippen molar-refractivity contribution in [1.82, 2.24) is 15.1 Å². The molecule has 2 N–H and O–H groups in total. The van der Waals surface area contributed by atoms with E-state index in [1.54, 1.807) is 20.4 Å². The van der Waals surface area contributed by atoms with Crippen molar-refractivity contribution in [3.05, 3.63) is 36.7 Å². The number of aryl methyl sites for hydroxylation is 1. The van der Waals surface area contributed by atoms with Gasteiger partial charge in [-0.25, -0.2) is 0 Å². The molecule has 0 fully saturated rings. The third kappa shape index (κ3) is 5.19. The van der Waals surface area contributed by atoms with Crippen LogP contribution < -0.4 is 20.1 Å². The van der Waals surface area contributed by atoms with Gasteiger partial charge in [0, 0.05) is 44.3 Å². The summed E-state index contributed by atoms with van der Waals surface area (Å²) in [6.45, 7) is 4.20. The maximum atomic E-state index is 5.59. The highest BCUT2D eigenvalue weighted by molar-refractivity contribution is 5.93. The molecule has 7 nitrogen and oxygen atoms in total. The van der Waals surface area contributed by atoms with Crippen molar-refractivity contribution in [2.24, 2.45) is 4.99 Å². The minimum atomic E-state index is 0.584. The molecule has 0 amide bonds. The zero-order chi connectivity index (χ0) is 17.2. The Morgan fingerprint density at radius 3 is 2.88 bits per heavy atom. The smallest absolute Gasteiger partial charge is 0.195 e. The lowest BCUT2D eigenvalue weighted by molar-refractivity contribution is 0.311. The first-order valence-electron chi connectivity index (χ1n) is 8.02. The Balaban J connectivity index is 1.86. The lowest BCUT2D eigenvalue weighted by Gasteiger charge is -2.14. The molecule has 0 atom stereocenters. The molecule has 0 spiro atoms. The fraction of sp³-hybridized carbons (Fsp3) is 0.412. The molecule has 0 aliphatic rings. The summed E-state index contributed by atoms with van der Waals surface area (Å²) in [6, 6.07) is 7.63. The summed E-state index contributed by atoms with van der Waals surface area (Å²) in [5.74, 6) is 2.13. The molecular formula is C17H25N5O2. The van der Waals surface area contributed by atoms with Crippen LogP contribution in [0.1, 0.15) is 13.3 Å². The van der Waals surface area contributed by atoms with E-state index in [0.29, 0.717) is 24.1 Å². The van der Waals surface area contributed by atoms with Gasteiger partial charge in [0.15, 0.2) is 17.5 Å². The van der Waals surface area contributed by atoms with E-state index in [-0.39, 0.29) is 0 Å². The van der Waals surface area contributed by atoms with Crippen LogP contribution in [0.15, 0.2) is 41.7 Å². The van der Waals surface area contributed by atoms with Gasteiger partial charge in [0.05, 0.1) is 13.7 Å². The van der Waals surface area contributed by atoms with Gasteiger partial charge in [-0.05, 0) is 31.5 Å². The van der Waals surface area contributed by atoms with Crippen molar-refractivity contribution in [3.8, 4) is 11.5 Å². The van der Waals surface area contributed by atoms with E-state index in [1.165, 1.54) is 0 Å². The molecule has 1 aromatic carbocycles. The van der Waals surface area contributed by atoms with Gasteiger partial charge in [0.2, 0.25) is 0 Å². The van der Waals surface area contributed by atoms with Gasteiger partial charge in [-0.15, -0.1) is 0 Å². The fourth-order valence-electron chi connectivity index (χ4n) is 2.22. The molecule has 2 rings (SSSR count). The summed E-state index contributed by atoms with van der Waals surface area (Å²) < 4.78 is 12.8. The van der Waals surface area contributed by atoms with Crippen LogP contribution in [0.5, 0.6) is 11.5 Å². The Morgan fingerprint density at radius 1 is 1.33 bits per heavy atom. The maximum Gasteiger partial charge on any atom is 0.195 e. The molecule has 130 valence electrons. The van der Waals surface area contributed by atoms with Gasteiger partial charge >= 0.3 is 0 Å². The summed E-state index contributed by atoms with van der Waals surface area (Å²) in [4.78, 5) is 4.24. The molecule has 0 unspecified atom stereocenters. The number of nitrogens with zero attached hydrogens (tertiary/aromatic N) is 3. The first-order chi connectivity index (χ1) is 11.8. The average Bonchev–Trinajstić information content (AvgIpc) is 3.11. The van der Waals surface area contributed by atoms with Crippen LogP contribution in [0.2, 0.25) is 0 Å². The second kappa shape index (κ2) is 9.44. The second-order valence-electron chi connectivity index (χ2n) is 5.05.